The number of rotatable bonds is 5. The van der Waals surface area contributed by atoms with Crippen molar-refractivity contribution in [3.63, 3.8) is 0 Å². The summed E-state index contributed by atoms with van der Waals surface area (Å²) in [6.07, 6.45) is 1.70. The molecule has 0 radical (unpaired) electrons. The third-order valence-corrected chi connectivity index (χ3v) is 4.80. The summed E-state index contributed by atoms with van der Waals surface area (Å²) in [5.74, 6) is -0.159. The number of nitrogens with one attached hydrogen (secondary N) is 1. The Balaban J connectivity index is 1.92. The van der Waals surface area contributed by atoms with E-state index in [4.69, 9.17) is 0 Å². The molecule has 7 heteroatoms. The lowest BCUT2D eigenvalue weighted by Crippen LogP contribution is -2.36. The van der Waals surface area contributed by atoms with E-state index in [1.807, 2.05) is 65.8 Å². The summed E-state index contributed by atoms with van der Waals surface area (Å²) < 4.78 is 2.98. The maximum Gasteiger partial charge on any atom is 0.293 e. The minimum absolute atomic E-state index is 0.0950. The van der Waals surface area contributed by atoms with Gasteiger partial charge in [-0.15, -0.1) is 0 Å². The van der Waals surface area contributed by atoms with E-state index in [1.54, 1.807) is 10.9 Å². The molecule has 3 aromatic rings. The van der Waals surface area contributed by atoms with Crippen LogP contribution in [0.4, 0.5) is 0 Å². The average Bonchev–Trinajstić information content (AvgIpc) is 3.09. The number of fused-ring (bicyclic) bond motifs is 1. The molecular weight excluding hydrogens is 366 g/mol. The Morgan fingerprint density at radius 3 is 2.41 bits per heavy atom. The van der Waals surface area contributed by atoms with E-state index in [9.17, 15) is 9.59 Å². The van der Waals surface area contributed by atoms with Crippen molar-refractivity contribution in [1.29, 1.82) is 0 Å². The maximum absolute atomic E-state index is 13.1. The molecule has 0 spiro atoms. The highest BCUT2D eigenvalue weighted by atomic mass is 16.2. The van der Waals surface area contributed by atoms with Crippen molar-refractivity contribution in [3.8, 4) is 0 Å². The van der Waals surface area contributed by atoms with Gasteiger partial charge in [-0.3, -0.25) is 14.3 Å². The van der Waals surface area contributed by atoms with Crippen molar-refractivity contribution < 1.29 is 4.79 Å². The van der Waals surface area contributed by atoms with Crippen LogP contribution in [0.25, 0.3) is 10.9 Å². The first-order valence-electron chi connectivity index (χ1n) is 9.89. The molecule has 1 aromatic carbocycles. The van der Waals surface area contributed by atoms with Crippen molar-refractivity contribution >= 4 is 16.8 Å². The molecule has 0 fully saturated rings. The SMILES string of the molecule is Cc1ccc(CNC(=O)Cn2nc(C(C)C)c3cnn(C(C)(C)C)c3c2=O)cc1. The van der Waals surface area contributed by atoms with Gasteiger partial charge in [0.1, 0.15) is 12.1 Å². The minimum atomic E-state index is -0.359. The van der Waals surface area contributed by atoms with Crippen molar-refractivity contribution in [3.05, 3.63) is 57.6 Å². The Morgan fingerprint density at radius 1 is 1.17 bits per heavy atom. The fourth-order valence-electron chi connectivity index (χ4n) is 3.23. The number of amides is 1. The van der Waals surface area contributed by atoms with Gasteiger partial charge >= 0.3 is 0 Å². The van der Waals surface area contributed by atoms with Crippen LogP contribution in [0.5, 0.6) is 0 Å². The molecule has 0 aliphatic carbocycles. The molecule has 2 heterocycles. The number of nitrogens with zero attached hydrogens (tertiary/aromatic N) is 4. The van der Waals surface area contributed by atoms with Crippen LogP contribution in [0.3, 0.4) is 0 Å². The Hall–Kier alpha value is -2.96. The van der Waals surface area contributed by atoms with Gasteiger partial charge in [0.25, 0.3) is 5.56 Å². The lowest BCUT2D eigenvalue weighted by atomic mass is 10.1. The molecule has 0 saturated carbocycles. The average molecular weight is 396 g/mol. The van der Waals surface area contributed by atoms with Gasteiger partial charge in [-0.1, -0.05) is 43.7 Å². The number of carbonyl (C=O) groups excluding carboxylic acids is 1. The molecule has 1 N–H and O–H groups in total. The highest BCUT2D eigenvalue weighted by molar-refractivity contribution is 5.81. The van der Waals surface area contributed by atoms with Gasteiger partial charge in [-0.2, -0.15) is 10.2 Å². The fourth-order valence-corrected chi connectivity index (χ4v) is 3.23. The van der Waals surface area contributed by atoms with Gasteiger partial charge in [-0.25, -0.2) is 4.68 Å². The monoisotopic (exact) mass is 395 g/mol. The highest BCUT2D eigenvalue weighted by Crippen LogP contribution is 2.24. The van der Waals surface area contributed by atoms with Crippen LogP contribution in [-0.4, -0.2) is 25.5 Å². The molecule has 29 heavy (non-hydrogen) atoms. The van der Waals surface area contributed by atoms with E-state index in [-0.39, 0.29) is 29.5 Å². The molecule has 1 amide bonds. The lowest BCUT2D eigenvalue weighted by Gasteiger charge is -2.21. The number of aryl methyl sites for hydroxylation is 1. The zero-order valence-electron chi connectivity index (χ0n) is 18.0. The molecule has 0 unspecified atom stereocenters. The topological polar surface area (TPSA) is 81.8 Å². The quantitative estimate of drug-likeness (QED) is 0.720. The molecule has 0 bridgehead atoms. The van der Waals surface area contributed by atoms with Crippen molar-refractivity contribution in [2.45, 2.75) is 66.1 Å². The second kappa shape index (κ2) is 7.81. The number of aromatic nitrogens is 4. The largest absolute Gasteiger partial charge is 0.350 e. The summed E-state index contributed by atoms with van der Waals surface area (Å²) in [7, 11) is 0. The molecule has 0 saturated heterocycles. The molecular formula is C22H29N5O2. The second-order valence-corrected chi connectivity index (χ2v) is 8.75. The molecule has 0 aliphatic rings. The fraction of sp³-hybridized carbons (Fsp3) is 0.455. The van der Waals surface area contributed by atoms with Gasteiger partial charge in [0, 0.05) is 11.9 Å². The molecule has 7 nitrogen and oxygen atoms in total. The predicted molar refractivity (Wildman–Crippen MR) is 114 cm³/mol. The zero-order valence-corrected chi connectivity index (χ0v) is 18.0. The van der Waals surface area contributed by atoms with E-state index < -0.39 is 0 Å². The normalized spacial score (nSPS) is 12.0. The Kier molecular flexibility index (Phi) is 5.59. The van der Waals surface area contributed by atoms with Crippen LogP contribution in [0, 0.1) is 6.92 Å². The number of carbonyl (C=O) groups is 1. The van der Waals surface area contributed by atoms with Crippen LogP contribution in [-0.2, 0) is 23.4 Å². The summed E-state index contributed by atoms with van der Waals surface area (Å²) in [4.78, 5) is 25.6. The van der Waals surface area contributed by atoms with Crippen LogP contribution in [0.2, 0.25) is 0 Å². The minimum Gasteiger partial charge on any atom is -0.350 e. The van der Waals surface area contributed by atoms with Crippen LogP contribution in [0.15, 0.2) is 35.3 Å². The number of benzene rings is 1. The van der Waals surface area contributed by atoms with Gasteiger partial charge in [-0.05, 0) is 39.2 Å². The van der Waals surface area contributed by atoms with Crippen LogP contribution in [0.1, 0.15) is 57.4 Å². The van der Waals surface area contributed by atoms with Crippen molar-refractivity contribution in [2.75, 3.05) is 0 Å². The van der Waals surface area contributed by atoms with Crippen LogP contribution < -0.4 is 10.9 Å². The first-order chi connectivity index (χ1) is 13.6. The van der Waals surface area contributed by atoms with E-state index in [0.717, 1.165) is 16.6 Å². The third kappa shape index (κ3) is 4.39. The van der Waals surface area contributed by atoms with Crippen LogP contribution >= 0.6 is 0 Å². The van der Waals surface area contributed by atoms with Crippen molar-refractivity contribution in [2.24, 2.45) is 0 Å². The molecule has 0 atom stereocenters. The highest BCUT2D eigenvalue weighted by Gasteiger charge is 2.24. The first kappa shape index (κ1) is 20.8. The summed E-state index contributed by atoms with van der Waals surface area (Å²) >= 11 is 0. The third-order valence-electron chi connectivity index (χ3n) is 4.80. The Labute approximate surface area is 170 Å². The zero-order chi connectivity index (χ0) is 21.3. The van der Waals surface area contributed by atoms with Gasteiger partial charge in [0.05, 0.1) is 17.4 Å². The smallest absolute Gasteiger partial charge is 0.293 e. The molecule has 0 aliphatic heterocycles. The second-order valence-electron chi connectivity index (χ2n) is 8.75. The van der Waals surface area contributed by atoms with E-state index in [0.29, 0.717) is 12.1 Å². The summed E-state index contributed by atoms with van der Waals surface area (Å²) in [6, 6.07) is 7.96. The van der Waals surface area contributed by atoms with E-state index >= 15 is 0 Å². The number of hydrogen-bond donors (Lipinski definition) is 1. The molecule has 2 aromatic heterocycles. The van der Waals surface area contributed by atoms with Gasteiger partial charge in [0.2, 0.25) is 5.91 Å². The number of hydrogen-bond acceptors (Lipinski definition) is 4. The predicted octanol–water partition coefficient (Wildman–Crippen LogP) is 3.10. The summed E-state index contributed by atoms with van der Waals surface area (Å²) in [6.45, 7) is 12.3. The summed E-state index contributed by atoms with van der Waals surface area (Å²) in [5.41, 5.74) is 2.77. The Bertz CT molecular complexity index is 1090. The molecule has 3 rings (SSSR count). The first-order valence-corrected chi connectivity index (χ1v) is 9.89. The molecule has 154 valence electrons. The standard InChI is InChI=1S/C22H29N5O2/c1-14(2)19-17-12-24-27(22(4,5)6)20(17)21(29)26(25-19)13-18(28)23-11-16-9-7-15(3)8-10-16/h7-10,12,14H,11,13H2,1-6H3,(H,23,28). The van der Waals surface area contributed by atoms with Crippen molar-refractivity contribution in [1.82, 2.24) is 24.9 Å². The maximum atomic E-state index is 13.1. The van der Waals surface area contributed by atoms with Gasteiger partial charge < -0.3 is 5.32 Å². The Morgan fingerprint density at radius 2 is 1.83 bits per heavy atom. The van der Waals surface area contributed by atoms with E-state index in [1.165, 1.54) is 10.2 Å². The lowest BCUT2D eigenvalue weighted by molar-refractivity contribution is -0.122. The van der Waals surface area contributed by atoms with E-state index in [2.05, 4.69) is 15.5 Å². The summed E-state index contributed by atoms with van der Waals surface area (Å²) in [5, 5.41) is 12.5. The van der Waals surface area contributed by atoms with Gasteiger partial charge in [0.15, 0.2) is 0 Å².